The standard InChI is InChI=1S/C21H32N6O3/c1-21(2,3)30-20(28)27-15-16-12-17(27)14-26(16)19-9-8-18(13-23-19)29-11-7-5-4-6-10-24-25-22/h8-9,13,16-17H,4-7,10-12,14-15H2,1-3H3. The lowest BCUT2D eigenvalue weighted by Crippen LogP contribution is -2.50. The number of anilines is 1. The van der Waals surface area contributed by atoms with Gasteiger partial charge in [-0.3, -0.25) is 0 Å². The van der Waals surface area contributed by atoms with Gasteiger partial charge in [0, 0.05) is 24.5 Å². The zero-order valence-corrected chi connectivity index (χ0v) is 18.2. The smallest absolute Gasteiger partial charge is 0.410 e. The van der Waals surface area contributed by atoms with Crippen molar-refractivity contribution in [3.63, 3.8) is 0 Å². The molecule has 2 bridgehead atoms. The van der Waals surface area contributed by atoms with Crippen LogP contribution in [-0.4, -0.2) is 59.9 Å². The lowest BCUT2D eigenvalue weighted by atomic mass is 10.2. The van der Waals surface area contributed by atoms with Gasteiger partial charge in [0.1, 0.15) is 17.2 Å². The Bertz CT molecular complexity index is 757. The summed E-state index contributed by atoms with van der Waals surface area (Å²) >= 11 is 0. The van der Waals surface area contributed by atoms with E-state index in [0.29, 0.717) is 19.7 Å². The summed E-state index contributed by atoms with van der Waals surface area (Å²) in [6.07, 6.45) is 6.49. The molecule has 9 heteroatoms. The van der Waals surface area contributed by atoms with Gasteiger partial charge in [0.2, 0.25) is 0 Å². The second-order valence-electron chi connectivity index (χ2n) is 8.90. The molecule has 2 atom stereocenters. The summed E-state index contributed by atoms with van der Waals surface area (Å²) in [7, 11) is 0. The van der Waals surface area contributed by atoms with Gasteiger partial charge in [-0.05, 0) is 57.7 Å². The molecule has 2 aliphatic heterocycles. The van der Waals surface area contributed by atoms with Crippen LogP contribution in [0.5, 0.6) is 5.75 Å². The van der Waals surface area contributed by atoms with Crippen LogP contribution in [0.4, 0.5) is 10.6 Å². The molecule has 0 spiro atoms. The number of amides is 1. The number of likely N-dealkylation sites (tertiary alicyclic amines) is 1. The minimum absolute atomic E-state index is 0.182. The summed E-state index contributed by atoms with van der Waals surface area (Å²) < 4.78 is 11.3. The number of hydrogen-bond donors (Lipinski definition) is 0. The number of pyridine rings is 1. The molecule has 3 rings (SSSR count). The van der Waals surface area contributed by atoms with E-state index >= 15 is 0 Å². The number of nitrogens with zero attached hydrogens (tertiary/aromatic N) is 6. The van der Waals surface area contributed by atoms with E-state index in [1.165, 1.54) is 0 Å². The summed E-state index contributed by atoms with van der Waals surface area (Å²) in [4.78, 5) is 23.8. The molecular formula is C21H32N6O3. The first kappa shape index (κ1) is 22.0. The van der Waals surface area contributed by atoms with Gasteiger partial charge in [-0.25, -0.2) is 9.78 Å². The van der Waals surface area contributed by atoms with E-state index in [-0.39, 0.29) is 18.2 Å². The molecule has 164 valence electrons. The molecule has 3 heterocycles. The Labute approximate surface area is 178 Å². The quantitative estimate of drug-likeness (QED) is 0.255. The van der Waals surface area contributed by atoms with Crippen LogP contribution in [-0.2, 0) is 4.74 Å². The molecular weight excluding hydrogens is 384 g/mol. The molecule has 2 saturated heterocycles. The number of carbonyl (C=O) groups is 1. The highest BCUT2D eigenvalue weighted by Gasteiger charge is 2.46. The van der Waals surface area contributed by atoms with Crippen molar-refractivity contribution >= 4 is 11.9 Å². The first-order valence-corrected chi connectivity index (χ1v) is 10.7. The monoisotopic (exact) mass is 416 g/mol. The minimum atomic E-state index is -0.470. The third kappa shape index (κ3) is 5.92. The Morgan fingerprint density at radius 3 is 2.67 bits per heavy atom. The van der Waals surface area contributed by atoms with Crippen LogP contribution >= 0.6 is 0 Å². The number of carbonyl (C=O) groups excluding carboxylic acids is 1. The molecule has 0 N–H and O–H groups in total. The molecule has 9 nitrogen and oxygen atoms in total. The van der Waals surface area contributed by atoms with Crippen LogP contribution in [0.2, 0.25) is 0 Å². The summed E-state index contributed by atoms with van der Waals surface area (Å²) in [5, 5.41) is 3.53. The fourth-order valence-corrected chi connectivity index (χ4v) is 3.99. The number of rotatable bonds is 9. The fraction of sp³-hybridized carbons (Fsp3) is 0.714. The normalized spacial score (nSPS) is 20.2. The SMILES string of the molecule is CC(C)(C)OC(=O)N1CC2CC1CN2c1ccc(OCCCCCCN=[N+]=[N-])cn1. The summed E-state index contributed by atoms with van der Waals surface area (Å²) in [5.41, 5.74) is 7.76. The van der Waals surface area contributed by atoms with Crippen molar-refractivity contribution in [3.05, 3.63) is 28.8 Å². The maximum atomic E-state index is 12.4. The van der Waals surface area contributed by atoms with Gasteiger partial charge in [-0.15, -0.1) is 0 Å². The van der Waals surface area contributed by atoms with Gasteiger partial charge in [-0.2, -0.15) is 0 Å². The minimum Gasteiger partial charge on any atom is -0.492 e. The van der Waals surface area contributed by atoms with E-state index in [4.69, 9.17) is 15.0 Å². The van der Waals surface area contributed by atoms with E-state index in [1.807, 2.05) is 37.8 Å². The molecule has 0 radical (unpaired) electrons. The molecule has 0 aliphatic carbocycles. The topological polar surface area (TPSA) is 104 Å². The number of azide groups is 1. The van der Waals surface area contributed by atoms with Crippen molar-refractivity contribution in [2.45, 2.75) is 70.6 Å². The Kier molecular flexibility index (Phi) is 7.26. The molecule has 1 aromatic rings. The molecule has 2 aliphatic rings. The fourth-order valence-electron chi connectivity index (χ4n) is 3.99. The first-order chi connectivity index (χ1) is 14.4. The van der Waals surface area contributed by atoms with Gasteiger partial charge in [0.25, 0.3) is 0 Å². The average molecular weight is 417 g/mol. The van der Waals surface area contributed by atoms with Gasteiger partial charge >= 0.3 is 6.09 Å². The van der Waals surface area contributed by atoms with Crippen LogP contribution < -0.4 is 9.64 Å². The van der Waals surface area contributed by atoms with Gasteiger partial charge in [0.05, 0.1) is 24.9 Å². The second kappa shape index (κ2) is 9.89. The molecule has 0 aromatic carbocycles. The Morgan fingerprint density at radius 1 is 1.23 bits per heavy atom. The summed E-state index contributed by atoms with van der Waals surface area (Å²) in [6, 6.07) is 4.42. The highest BCUT2D eigenvalue weighted by Crippen LogP contribution is 2.34. The Hall–Kier alpha value is -2.67. The van der Waals surface area contributed by atoms with Crippen LogP contribution in [0.25, 0.3) is 10.4 Å². The lowest BCUT2D eigenvalue weighted by Gasteiger charge is -2.35. The van der Waals surface area contributed by atoms with Crippen LogP contribution in [0.3, 0.4) is 0 Å². The zero-order chi connectivity index (χ0) is 21.6. The second-order valence-corrected chi connectivity index (χ2v) is 8.90. The number of unbranched alkanes of at least 4 members (excludes halogenated alkanes) is 3. The van der Waals surface area contributed by atoms with E-state index in [2.05, 4.69) is 19.9 Å². The Balaban J connectivity index is 1.40. The van der Waals surface area contributed by atoms with Gasteiger partial charge < -0.3 is 19.3 Å². The van der Waals surface area contributed by atoms with Crippen molar-refractivity contribution in [2.75, 3.05) is 31.1 Å². The number of fused-ring (bicyclic) bond motifs is 2. The molecule has 1 amide bonds. The molecule has 0 saturated carbocycles. The largest absolute Gasteiger partial charge is 0.492 e. The van der Waals surface area contributed by atoms with E-state index in [1.54, 1.807) is 6.20 Å². The number of piperazine rings is 1. The predicted molar refractivity (Wildman–Crippen MR) is 115 cm³/mol. The maximum absolute atomic E-state index is 12.4. The van der Waals surface area contributed by atoms with E-state index in [9.17, 15) is 4.79 Å². The van der Waals surface area contributed by atoms with Gasteiger partial charge in [-0.1, -0.05) is 18.0 Å². The van der Waals surface area contributed by atoms with Crippen molar-refractivity contribution in [1.29, 1.82) is 0 Å². The van der Waals surface area contributed by atoms with E-state index in [0.717, 1.165) is 50.2 Å². The third-order valence-electron chi connectivity index (χ3n) is 5.37. The van der Waals surface area contributed by atoms with Crippen molar-refractivity contribution in [2.24, 2.45) is 5.11 Å². The summed E-state index contributed by atoms with van der Waals surface area (Å²) in [6.45, 7) is 8.37. The number of ether oxygens (including phenoxy) is 2. The highest BCUT2D eigenvalue weighted by atomic mass is 16.6. The highest BCUT2D eigenvalue weighted by molar-refractivity contribution is 5.70. The van der Waals surface area contributed by atoms with Crippen molar-refractivity contribution in [3.8, 4) is 5.75 Å². The zero-order valence-electron chi connectivity index (χ0n) is 18.2. The summed E-state index contributed by atoms with van der Waals surface area (Å²) in [5.74, 6) is 1.70. The van der Waals surface area contributed by atoms with Crippen LogP contribution in [0, 0.1) is 0 Å². The Morgan fingerprint density at radius 2 is 2.03 bits per heavy atom. The first-order valence-electron chi connectivity index (χ1n) is 10.7. The maximum Gasteiger partial charge on any atom is 0.410 e. The van der Waals surface area contributed by atoms with Gasteiger partial charge in [0.15, 0.2) is 0 Å². The van der Waals surface area contributed by atoms with Crippen LogP contribution in [0.1, 0.15) is 52.9 Å². The molecule has 30 heavy (non-hydrogen) atoms. The van der Waals surface area contributed by atoms with E-state index < -0.39 is 5.60 Å². The molecule has 2 fully saturated rings. The van der Waals surface area contributed by atoms with Crippen molar-refractivity contribution < 1.29 is 14.3 Å². The number of aromatic nitrogens is 1. The van der Waals surface area contributed by atoms with Crippen molar-refractivity contribution in [1.82, 2.24) is 9.88 Å². The predicted octanol–water partition coefficient (Wildman–Crippen LogP) is 4.53. The average Bonchev–Trinajstić information content (AvgIpc) is 3.30. The van der Waals surface area contributed by atoms with Crippen LogP contribution in [0.15, 0.2) is 23.4 Å². The molecule has 1 aromatic heterocycles. The molecule has 2 unspecified atom stereocenters. The third-order valence-corrected chi connectivity index (χ3v) is 5.37. The lowest BCUT2D eigenvalue weighted by molar-refractivity contribution is 0.0214. The number of hydrogen-bond acceptors (Lipinski definition) is 6.